The van der Waals surface area contributed by atoms with Crippen LogP contribution in [0, 0.1) is 0 Å². The summed E-state index contributed by atoms with van der Waals surface area (Å²) >= 11 is 0. The summed E-state index contributed by atoms with van der Waals surface area (Å²) in [6.45, 7) is -0.885. The molecule has 0 unspecified atom stereocenters. The van der Waals surface area contributed by atoms with Gasteiger partial charge in [-0.25, -0.2) is 4.79 Å². The van der Waals surface area contributed by atoms with Gasteiger partial charge in [0, 0.05) is 17.7 Å². The van der Waals surface area contributed by atoms with E-state index in [2.05, 4.69) is 0 Å². The van der Waals surface area contributed by atoms with Crippen molar-refractivity contribution < 1.29 is 74.5 Å². The van der Waals surface area contributed by atoms with Crippen LogP contribution in [0.4, 0.5) is 0 Å². The molecule has 0 spiro atoms. The number of aliphatic hydroxyl groups is 3. The van der Waals surface area contributed by atoms with Crippen LogP contribution in [0.15, 0.2) is 51.7 Å². The Balaban J connectivity index is 1.63. The molecule has 1 aliphatic heterocycles. The maximum atomic E-state index is 13.7. The molecule has 1 saturated heterocycles. The normalized spacial score (nSPS) is 21.7. The molecule has 1 aromatic heterocycles. The number of ether oxygens (including phenoxy) is 3. The van der Waals surface area contributed by atoms with Crippen LogP contribution in [0.5, 0.6) is 46.0 Å². The van der Waals surface area contributed by atoms with Gasteiger partial charge in [-0.1, -0.05) is 0 Å². The molecule has 1 aliphatic rings. The van der Waals surface area contributed by atoms with Gasteiger partial charge in [0.1, 0.15) is 40.8 Å². The highest BCUT2D eigenvalue weighted by molar-refractivity contribution is 5.91. The average molecular weight is 616 g/mol. The molecule has 0 aliphatic carbocycles. The van der Waals surface area contributed by atoms with E-state index in [9.17, 15) is 60.7 Å². The van der Waals surface area contributed by atoms with Crippen LogP contribution in [-0.2, 0) is 9.47 Å². The van der Waals surface area contributed by atoms with Gasteiger partial charge in [0.25, 0.3) is 0 Å². The van der Waals surface area contributed by atoms with E-state index in [1.54, 1.807) is 0 Å². The highest BCUT2D eigenvalue weighted by atomic mass is 16.7. The maximum absolute atomic E-state index is 13.7. The first kappa shape index (κ1) is 30.1. The number of benzene rings is 3. The Morgan fingerprint density at radius 2 is 1.50 bits per heavy atom. The van der Waals surface area contributed by atoms with Crippen LogP contribution in [-0.4, -0.2) is 94.3 Å². The van der Waals surface area contributed by atoms with Crippen LogP contribution in [0.1, 0.15) is 10.4 Å². The van der Waals surface area contributed by atoms with Crippen molar-refractivity contribution in [2.75, 3.05) is 6.61 Å². The lowest BCUT2D eigenvalue weighted by atomic mass is 9.99. The monoisotopic (exact) mass is 616 g/mol. The summed E-state index contributed by atoms with van der Waals surface area (Å²) in [7, 11) is 0. The molecule has 1 fully saturated rings. The Kier molecular flexibility index (Phi) is 7.75. The molecule has 3 aromatic carbocycles. The Labute approximate surface area is 244 Å². The number of carbonyl (C=O) groups excluding carboxylic acids is 1. The van der Waals surface area contributed by atoms with Crippen molar-refractivity contribution >= 4 is 16.9 Å². The molecule has 2 heterocycles. The topological polar surface area (TPSA) is 277 Å². The molecule has 44 heavy (non-hydrogen) atoms. The SMILES string of the molecule is O=C(O[C@@H]1[C@@H](Oc2c(-c3ccc(O)c(O)c3)oc3cc(O)cc(O)c3c2=O)O[C@@H](CO)[C@H](O)[C@H]1O)c1cc(O)c(O)c(O)c1. The van der Waals surface area contributed by atoms with Gasteiger partial charge in [0.15, 0.2) is 40.6 Å². The first-order chi connectivity index (χ1) is 20.8. The highest BCUT2D eigenvalue weighted by Gasteiger charge is 2.48. The zero-order valence-corrected chi connectivity index (χ0v) is 22.1. The standard InChI is InChI=1S/C28H24O16/c29-8-18-21(37)23(39)26(43-27(40)10-4-15(34)20(36)16(35)5-10)28(42-18)44-25-22(38)19-14(33)6-11(30)7-17(19)41-24(25)9-1-2-12(31)13(32)3-9/h1-7,18,21,23,26,28-37,39H,8H2/t18-,21-,23+,26-,28+/m0/s1. The van der Waals surface area contributed by atoms with Gasteiger partial charge in [-0.15, -0.1) is 0 Å². The minimum atomic E-state index is -2.03. The number of rotatable bonds is 6. The van der Waals surface area contributed by atoms with Gasteiger partial charge < -0.3 is 69.7 Å². The van der Waals surface area contributed by atoms with Crippen LogP contribution in [0.2, 0.25) is 0 Å². The van der Waals surface area contributed by atoms with E-state index in [0.29, 0.717) is 0 Å². The zero-order chi connectivity index (χ0) is 32.0. The van der Waals surface area contributed by atoms with Crippen molar-refractivity contribution in [2.45, 2.75) is 30.7 Å². The minimum Gasteiger partial charge on any atom is -0.508 e. The average Bonchev–Trinajstić information content (AvgIpc) is 2.97. The number of esters is 1. The van der Waals surface area contributed by atoms with E-state index < -0.39 is 111 Å². The van der Waals surface area contributed by atoms with Gasteiger partial charge in [0.2, 0.25) is 17.5 Å². The van der Waals surface area contributed by atoms with E-state index in [1.807, 2.05) is 0 Å². The summed E-state index contributed by atoms with van der Waals surface area (Å²) in [5.74, 6) is -7.70. The van der Waals surface area contributed by atoms with Crippen molar-refractivity contribution in [3.63, 3.8) is 0 Å². The molecule has 5 rings (SSSR count). The van der Waals surface area contributed by atoms with E-state index in [4.69, 9.17) is 18.6 Å². The summed E-state index contributed by atoms with van der Waals surface area (Å²) in [6, 6.07) is 6.51. The lowest BCUT2D eigenvalue weighted by Crippen LogP contribution is -2.61. The number of aromatic hydroxyl groups is 7. The first-order valence-electron chi connectivity index (χ1n) is 12.6. The summed E-state index contributed by atoms with van der Waals surface area (Å²) in [4.78, 5) is 26.6. The molecular weight excluding hydrogens is 592 g/mol. The van der Waals surface area contributed by atoms with Crippen molar-refractivity contribution in [1.29, 1.82) is 0 Å². The van der Waals surface area contributed by atoms with Gasteiger partial charge in [-0.3, -0.25) is 4.79 Å². The number of hydrogen-bond acceptors (Lipinski definition) is 16. The second-order valence-electron chi connectivity index (χ2n) is 9.69. The molecule has 232 valence electrons. The smallest absolute Gasteiger partial charge is 0.339 e. The van der Waals surface area contributed by atoms with Gasteiger partial charge in [-0.2, -0.15) is 0 Å². The number of phenolic OH excluding ortho intramolecular Hbond substituents is 7. The largest absolute Gasteiger partial charge is 0.508 e. The predicted octanol–water partition coefficient (Wildman–Crippen LogP) is 0.443. The second kappa shape index (κ2) is 11.3. The van der Waals surface area contributed by atoms with Gasteiger partial charge >= 0.3 is 5.97 Å². The first-order valence-corrected chi connectivity index (χ1v) is 12.6. The molecule has 16 nitrogen and oxygen atoms in total. The Hall–Kier alpha value is -5.42. The molecule has 4 aromatic rings. The van der Waals surface area contributed by atoms with Crippen molar-refractivity contribution in [3.8, 4) is 57.3 Å². The third-order valence-electron chi connectivity index (χ3n) is 6.76. The second-order valence-corrected chi connectivity index (χ2v) is 9.69. The maximum Gasteiger partial charge on any atom is 0.339 e. The van der Waals surface area contributed by atoms with Crippen LogP contribution < -0.4 is 10.2 Å². The highest BCUT2D eigenvalue weighted by Crippen LogP contribution is 2.40. The molecule has 0 saturated carbocycles. The Bertz CT molecular complexity index is 1790. The van der Waals surface area contributed by atoms with Crippen molar-refractivity contribution in [3.05, 3.63) is 58.3 Å². The number of aliphatic hydroxyl groups excluding tert-OH is 3. The quantitative estimate of drug-likeness (QED) is 0.104. The summed E-state index contributed by atoms with van der Waals surface area (Å²) in [5, 5.41) is 99.8. The van der Waals surface area contributed by atoms with Crippen molar-refractivity contribution in [2.24, 2.45) is 0 Å². The molecule has 10 N–H and O–H groups in total. The fourth-order valence-electron chi connectivity index (χ4n) is 4.54. The lowest BCUT2D eigenvalue weighted by molar-refractivity contribution is -0.276. The minimum absolute atomic E-state index is 0.0872. The van der Waals surface area contributed by atoms with E-state index in [-0.39, 0.29) is 11.1 Å². The molecule has 0 amide bonds. The zero-order valence-electron chi connectivity index (χ0n) is 22.1. The number of phenols is 7. The Morgan fingerprint density at radius 1 is 0.818 bits per heavy atom. The molecule has 0 bridgehead atoms. The fraction of sp³-hybridized carbons (Fsp3) is 0.214. The molecule has 5 atom stereocenters. The predicted molar refractivity (Wildman–Crippen MR) is 144 cm³/mol. The number of carbonyl (C=O) groups is 1. The lowest BCUT2D eigenvalue weighted by Gasteiger charge is -2.41. The third-order valence-corrected chi connectivity index (χ3v) is 6.76. The van der Waals surface area contributed by atoms with Crippen molar-refractivity contribution in [1.82, 2.24) is 0 Å². The summed E-state index contributed by atoms with van der Waals surface area (Å²) in [6.07, 6.45) is -9.44. The molecular formula is C28H24O16. The summed E-state index contributed by atoms with van der Waals surface area (Å²) < 4.78 is 22.3. The molecule has 16 heteroatoms. The number of fused-ring (bicyclic) bond motifs is 1. The Morgan fingerprint density at radius 3 is 2.14 bits per heavy atom. The summed E-state index contributed by atoms with van der Waals surface area (Å²) in [5.41, 5.74) is -2.05. The van der Waals surface area contributed by atoms with Gasteiger partial charge in [-0.05, 0) is 30.3 Å². The third kappa shape index (κ3) is 5.29. The number of hydrogen-bond donors (Lipinski definition) is 10. The van der Waals surface area contributed by atoms with E-state index in [0.717, 1.165) is 36.4 Å². The van der Waals surface area contributed by atoms with Crippen LogP contribution in [0.25, 0.3) is 22.3 Å². The van der Waals surface area contributed by atoms with Gasteiger partial charge in [0.05, 0.1) is 12.2 Å². The van der Waals surface area contributed by atoms with E-state index in [1.165, 1.54) is 6.07 Å². The fourth-order valence-corrected chi connectivity index (χ4v) is 4.54. The van der Waals surface area contributed by atoms with Crippen LogP contribution >= 0.6 is 0 Å². The van der Waals surface area contributed by atoms with E-state index >= 15 is 0 Å². The van der Waals surface area contributed by atoms with Crippen LogP contribution in [0.3, 0.4) is 0 Å². The molecule has 0 radical (unpaired) electrons.